The maximum atomic E-state index is 12.7. The van der Waals surface area contributed by atoms with E-state index in [1.54, 1.807) is 6.07 Å². The first-order chi connectivity index (χ1) is 8.43. The number of benzene rings is 1. The Bertz CT molecular complexity index is 566. The molecule has 6 heteroatoms. The van der Waals surface area contributed by atoms with Crippen LogP contribution in [0.4, 0.5) is 13.2 Å². The molecule has 0 aliphatic carbocycles. The van der Waals surface area contributed by atoms with Crippen LogP contribution in [0.5, 0.6) is 0 Å². The Balaban J connectivity index is 2.66. The van der Waals surface area contributed by atoms with Gasteiger partial charge in [0.2, 0.25) is 0 Å². The van der Waals surface area contributed by atoms with Crippen molar-refractivity contribution < 1.29 is 13.2 Å². The fourth-order valence-electron chi connectivity index (χ4n) is 1.79. The predicted octanol–water partition coefficient (Wildman–Crippen LogP) is 2.21. The second kappa shape index (κ2) is 4.55. The van der Waals surface area contributed by atoms with Crippen molar-refractivity contribution in [2.24, 2.45) is 11.5 Å². The van der Waals surface area contributed by atoms with Gasteiger partial charge in [0, 0.05) is 24.2 Å². The summed E-state index contributed by atoms with van der Waals surface area (Å²) in [4.78, 5) is 4.02. The molecule has 1 heterocycles. The van der Waals surface area contributed by atoms with Gasteiger partial charge in [-0.1, -0.05) is 0 Å². The van der Waals surface area contributed by atoms with Gasteiger partial charge in [-0.25, -0.2) is 0 Å². The smallest absolute Gasteiger partial charge is 0.329 e. The third-order valence-electron chi connectivity index (χ3n) is 2.76. The zero-order valence-corrected chi connectivity index (χ0v) is 9.41. The maximum Gasteiger partial charge on any atom is 0.416 e. The molecule has 0 aliphatic heterocycles. The van der Waals surface area contributed by atoms with Crippen molar-refractivity contribution in [2.75, 3.05) is 6.54 Å². The topological polar surface area (TPSA) is 64.9 Å². The van der Waals surface area contributed by atoms with Gasteiger partial charge >= 0.3 is 6.18 Å². The van der Waals surface area contributed by atoms with Gasteiger partial charge in [0.1, 0.15) is 0 Å². The highest BCUT2D eigenvalue weighted by Crippen LogP contribution is 2.32. The number of nitrogens with zero attached hydrogens (tertiary/aromatic N) is 1. The maximum absolute atomic E-state index is 12.7. The molecule has 0 amide bonds. The number of nitrogens with two attached hydrogens (primary N) is 2. The molecule has 0 radical (unpaired) electrons. The van der Waals surface area contributed by atoms with Crippen LogP contribution >= 0.6 is 0 Å². The van der Waals surface area contributed by atoms with Crippen molar-refractivity contribution >= 4 is 10.9 Å². The van der Waals surface area contributed by atoms with Gasteiger partial charge in [0.25, 0.3) is 0 Å². The van der Waals surface area contributed by atoms with Crippen LogP contribution in [0.15, 0.2) is 30.5 Å². The summed E-state index contributed by atoms with van der Waals surface area (Å²) in [5.41, 5.74) is 11.6. The Kier molecular flexibility index (Phi) is 3.23. The zero-order valence-electron chi connectivity index (χ0n) is 9.41. The lowest BCUT2D eigenvalue weighted by atomic mass is 10.0. The van der Waals surface area contributed by atoms with Crippen LogP contribution < -0.4 is 11.5 Å². The van der Waals surface area contributed by atoms with E-state index in [1.807, 2.05) is 0 Å². The van der Waals surface area contributed by atoms with Gasteiger partial charge in [-0.3, -0.25) is 4.98 Å². The van der Waals surface area contributed by atoms with E-state index < -0.39 is 17.8 Å². The summed E-state index contributed by atoms with van der Waals surface area (Å²) in [5.74, 6) is 0. The van der Waals surface area contributed by atoms with E-state index >= 15 is 0 Å². The first kappa shape index (κ1) is 12.8. The SMILES string of the molecule is NCC(N)c1ccnc2ccc(C(F)(F)F)cc12. The molecule has 1 aromatic carbocycles. The molecule has 1 aromatic heterocycles. The fourth-order valence-corrected chi connectivity index (χ4v) is 1.79. The summed E-state index contributed by atoms with van der Waals surface area (Å²) < 4.78 is 38.0. The molecule has 18 heavy (non-hydrogen) atoms. The number of fused-ring (bicyclic) bond motifs is 1. The van der Waals surface area contributed by atoms with Crippen LogP contribution in [0.25, 0.3) is 10.9 Å². The van der Waals surface area contributed by atoms with Gasteiger partial charge in [-0.15, -0.1) is 0 Å². The lowest BCUT2D eigenvalue weighted by Gasteiger charge is -2.14. The third-order valence-corrected chi connectivity index (χ3v) is 2.76. The first-order valence-corrected chi connectivity index (χ1v) is 5.35. The Morgan fingerprint density at radius 3 is 2.56 bits per heavy atom. The van der Waals surface area contributed by atoms with Crippen LogP contribution in [-0.2, 0) is 6.18 Å². The number of alkyl halides is 3. The van der Waals surface area contributed by atoms with E-state index in [0.717, 1.165) is 12.1 Å². The van der Waals surface area contributed by atoms with Gasteiger partial charge < -0.3 is 11.5 Å². The number of rotatable bonds is 2. The third kappa shape index (κ3) is 2.30. The lowest BCUT2D eigenvalue weighted by Crippen LogP contribution is -2.21. The van der Waals surface area contributed by atoms with Gasteiger partial charge in [0.15, 0.2) is 0 Å². The highest BCUT2D eigenvalue weighted by atomic mass is 19.4. The van der Waals surface area contributed by atoms with Gasteiger partial charge in [0.05, 0.1) is 11.1 Å². The average Bonchev–Trinajstić information content (AvgIpc) is 2.35. The molecule has 96 valence electrons. The van der Waals surface area contributed by atoms with E-state index in [0.29, 0.717) is 16.5 Å². The lowest BCUT2D eigenvalue weighted by molar-refractivity contribution is -0.137. The molecule has 3 nitrogen and oxygen atoms in total. The van der Waals surface area contributed by atoms with E-state index in [2.05, 4.69) is 4.98 Å². The summed E-state index contributed by atoms with van der Waals surface area (Å²) in [6.45, 7) is 0.162. The van der Waals surface area contributed by atoms with Crippen LogP contribution in [0.3, 0.4) is 0 Å². The summed E-state index contributed by atoms with van der Waals surface area (Å²) in [7, 11) is 0. The van der Waals surface area contributed by atoms with Crippen molar-refractivity contribution in [3.8, 4) is 0 Å². The standard InChI is InChI=1S/C12H12F3N3/c13-12(14,15)7-1-2-11-9(5-7)8(3-4-18-11)10(17)6-16/h1-5,10H,6,16-17H2. The van der Waals surface area contributed by atoms with Crippen LogP contribution in [0.1, 0.15) is 17.2 Å². The molecule has 0 fully saturated rings. The molecule has 0 aliphatic rings. The molecule has 0 saturated carbocycles. The largest absolute Gasteiger partial charge is 0.416 e. The van der Waals surface area contributed by atoms with E-state index in [-0.39, 0.29) is 6.54 Å². The Morgan fingerprint density at radius 2 is 1.94 bits per heavy atom. The molecule has 0 spiro atoms. The van der Waals surface area contributed by atoms with Gasteiger partial charge in [-0.2, -0.15) is 13.2 Å². The van der Waals surface area contributed by atoms with Crippen LogP contribution in [0.2, 0.25) is 0 Å². The minimum Gasteiger partial charge on any atom is -0.329 e. The quantitative estimate of drug-likeness (QED) is 0.864. The molecule has 1 atom stereocenters. The molecule has 2 aromatic rings. The molecular weight excluding hydrogens is 243 g/mol. The van der Waals surface area contributed by atoms with E-state index in [4.69, 9.17) is 11.5 Å². The van der Waals surface area contributed by atoms with Crippen molar-refractivity contribution in [3.63, 3.8) is 0 Å². The summed E-state index contributed by atoms with van der Waals surface area (Å²) in [6, 6.07) is 4.50. The molecule has 2 rings (SSSR count). The number of halogens is 3. The molecule has 1 unspecified atom stereocenters. The summed E-state index contributed by atoms with van der Waals surface area (Å²) >= 11 is 0. The fraction of sp³-hybridized carbons (Fsp3) is 0.250. The normalized spacial score (nSPS) is 13.8. The van der Waals surface area contributed by atoms with E-state index in [9.17, 15) is 13.2 Å². The number of hydrogen-bond donors (Lipinski definition) is 2. The van der Waals surface area contributed by atoms with Crippen molar-refractivity contribution in [3.05, 3.63) is 41.6 Å². The number of aromatic nitrogens is 1. The summed E-state index contributed by atoms with van der Waals surface area (Å²) in [6.07, 6.45) is -2.87. The second-order valence-electron chi connectivity index (χ2n) is 3.97. The van der Waals surface area contributed by atoms with Crippen molar-refractivity contribution in [2.45, 2.75) is 12.2 Å². The minimum absolute atomic E-state index is 0.162. The number of pyridine rings is 1. The minimum atomic E-state index is -4.38. The number of hydrogen-bond acceptors (Lipinski definition) is 3. The monoisotopic (exact) mass is 255 g/mol. The molecular formula is C12H12F3N3. The van der Waals surface area contributed by atoms with Crippen LogP contribution in [-0.4, -0.2) is 11.5 Å². The Labute approximate surface area is 102 Å². The van der Waals surface area contributed by atoms with Crippen molar-refractivity contribution in [1.82, 2.24) is 4.98 Å². The average molecular weight is 255 g/mol. The predicted molar refractivity (Wildman–Crippen MR) is 62.7 cm³/mol. The van der Waals surface area contributed by atoms with Gasteiger partial charge in [-0.05, 0) is 29.8 Å². The Morgan fingerprint density at radius 1 is 1.22 bits per heavy atom. The summed E-state index contributed by atoms with van der Waals surface area (Å²) in [5, 5.41) is 0.394. The zero-order chi connectivity index (χ0) is 13.3. The molecule has 0 bridgehead atoms. The van der Waals surface area contributed by atoms with Crippen molar-refractivity contribution in [1.29, 1.82) is 0 Å². The highest BCUT2D eigenvalue weighted by molar-refractivity contribution is 5.83. The first-order valence-electron chi connectivity index (χ1n) is 5.35. The highest BCUT2D eigenvalue weighted by Gasteiger charge is 2.30. The molecule has 0 saturated heterocycles. The van der Waals surface area contributed by atoms with Crippen LogP contribution in [0, 0.1) is 0 Å². The Hall–Kier alpha value is -1.66. The van der Waals surface area contributed by atoms with E-state index in [1.165, 1.54) is 12.3 Å². The second-order valence-corrected chi connectivity index (χ2v) is 3.97. The molecule has 4 N–H and O–H groups in total.